The van der Waals surface area contributed by atoms with Gasteiger partial charge in [0.1, 0.15) is 0 Å². The van der Waals surface area contributed by atoms with Gasteiger partial charge in [0.25, 0.3) is 0 Å². The van der Waals surface area contributed by atoms with Crippen molar-refractivity contribution in [2.24, 2.45) is 4.99 Å². The maximum atomic E-state index is 11.8. The van der Waals surface area contributed by atoms with Gasteiger partial charge in [-0.15, -0.1) is 0 Å². The second kappa shape index (κ2) is 11.6. The number of rotatable bonds is 8. The SMILES string of the molecule is CN=C(NCC(=O)NCCOC)NC1CCN(C(C)c2ccccc2)CC1. The highest BCUT2D eigenvalue weighted by Crippen LogP contribution is 2.23. The molecule has 1 aromatic carbocycles. The van der Waals surface area contributed by atoms with Gasteiger partial charge in [0.2, 0.25) is 5.91 Å². The van der Waals surface area contributed by atoms with E-state index in [2.05, 4.69) is 63.1 Å². The average molecular weight is 376 g/mol. The number of amides is 1. The third kappa shape index (κ3) is 7.19. The first-order chi connectivity index (χ1) is 13.1. The first-order valence-corrected chi connectivity index (χ1v) is 9.66. The van der Waals surface area contributed by atoms with E-state index in [0.717, 1.165) is 25.9 Å². The highest BCUT2D eigenvalue weighted by molar-refractivity contribution is 5.86. The Hall–Kier alpha value is -2.12. The molecule has 1 aromatic rings. The van der Waals surface area contributed by atoms with Crippen LogP contribution in [0.5, 0.6) is 0 Å². The normalized spacial score (nSPS) is 17.4. The fraction of sp³-hybridized carbons (Fsp3) is 0.600. The Morgan fingerprint density at radius 3 is 2.59 bits per heavy atom. The van der Waals surface area contributed by atoms with E-state index in [1.54, 1.807) is 14.2 Å². The number of ether oxygens (including phenoxy) is 1. The third-order valence-electron chi connectivity index (χ3n) is 4.97. The summed E-state index contributed by atoms with van der Waals surface area (Å²) in [5.74, 6) is 0.605. The van der Waals surface area contributed by atoms with Crippen LogP contribution >= 0.6 is 0 Å². The van der Waals surface area contributed by atoms with E-state index in [0.29, 0.717) is 31.2 Å². The van der Waals surface area contributed by atoms with E-state index in [-0.39, 0.29) is 12.5 Å². The lowest BCUT2D eigenvalue weighted by Gasteiger charge is -2.37. The standard InChI is InChI=1S/C20H33N5O2/c1-16(17-7-5-4-6-8-17)25-12-9-18(10-13-25)24-20(21-2)23-15-19(26)22-11-14-27-3/h4-8,16,18H,9-15H2,1-3H3,(H,22,26)(H2,21,23,24). The van der Waals surface area contributed by atoms with Crippen LogP contribution in [0.3, 0.4) is 0 Å². The number of hydrogen-bond donors (Lipinski definition) is 3. The first kappa shape index (κ1) is 21.2. The lowest BCUT2D eigenvalue weighted by atomic mass is 10.0. The number of piperidine rings is 1. The zero-order valence-electron chi connectivity index (χ0n) is 16.7. The van der Waals surface area contributed by atoms with Crippen LogP contribution in [0.2, 0.25) is 0 Å². The van der Waals surface area contributed by atoms with Gasteiger partial charge in [0.15, 0.2) is 5.96 Å². The third-order valence-corrected chi connectivity index (χ3v) is 4.97. The van der Waals surface area contributed by atoms with Gasteiger partial charge in [-0.2, -0.15) is 0 Å². The Labute approximate surface area is 162 Å². The highest BCUT2D eigenvalue weighted by Gasteiger charge is 2.24. The zero-order valence-corrected chi connectivity index (χ0v) is 16.7. The topological polar surface area (TPSA) is 78.0 Å². The molecule has 2 rings (SSSR count). The predicted octanol–water partition coefficient (Wildman–Crippen LogP) is 1.14. The van der Waals surface area contributed by atoms with Crippen molar-refractivity contribution in [3.8, 4) is 0 Å². The second-order valence-corrected chi connectivity index (χ2v) is 6.81. The van der Waals surface area contributed by atoms with Gasteiger partial charge in [-0.1, -0.05) is 30.3 Å². The number of benzene rings is 1. The van der Waals surface area contributed by atoms with Crippen molar-refractivity contribution in [3.63, 3.8) is 0 Å². The molecule has 0 aliphatic carbocycles. The van der Waals surface area contributed by atoms with Crippen molar-refractivity contribution in [2.75, 3.05) is 46.9 Å². The monoisotopic (exact) mass is 375 g/mol. The van der Waals surface area contributed by atoms with Gasteiger partial charge in [-0.25, -0.2) is 0 Å². The molecule has 0 radical (unpaired) electrons. The Morgan fingerprint density at radius 2 is 1.96 bits per heavy atom. The summed E-state index contributed by atoms with van der Waals surface area (Å²) in [6, 6.07) is 11.4. The van der Waals surface area contributed by atoms with Crippen LogP contribution in [0, 0.1) is 0 Å². The summed E-state index contributed by atoms with van der Waals surface area (Å²) in [4.78, 5) is 18.5. The quantitative estimate of drug-likeness (QED) is 0.361. The molecule has 3 N–H and O–H groups in total. The number of carbonyl (C=O) groups excluding carboxylic acids is 1. The number of nitrogens with zero attached hydrogens (tertiary/aromatic N) is 2. The van der Waals surface area contributed by atoms with E-state index in [1.165, 1.54) is 5.56 Å². The van der Waals surface area contributed by atoms with Gasteiger partial charge in [0, 0.05) is 45.9 Å². The number of hydrogen-bond acceptors (Lipinski definition) is 4. The second-order valence-electron chi connectivity index (χ2n) is 6.81. The van der Waals surface area contributed by atoms with Crippen molar-refractivity contribution >= 4 is 11.9 Å². The Bertz CT molecular complexity index is 585. The Kier molecular flexibility index (Phi) is 9.07. The minimum Gasteiger partial charge on any atom is -0.383 e. The van der Waals surface area contributed by atoms with Crippen LogP contribution in [0.15, 0.2) is 35.3 Å². The van der Waals surface area contributed by atoms with E-state index in [1.807, 2.05) is 0 Å². The minimum atomic E-state index is -0.0681. The van der Waals surface area contributed by atoms with Crippen LogP contribution in [0.25, 0.3) is 0 Å². The van der Waals surface area contributed by atoms with E-state index in [4.69, 9.17) is 4.74 Å². The molecule has 1 aliphatic rings. The summed E-state index contributed by atoms with van der Waals surface area (Å²) in [5.41, 5.74) is 1.36. The smallest absolute Gasteiger partial charge is 0.239 e. The van der Waals surface area contributed by atoms with E-state index in [9.17, 15) is 4.79 Å². The van der Waals surface area contributed by atoms with Crippen LogP contribution in [0.1, 0.15) is 31.4 Å². The molecule has 1 unspecified atom stereocenters. The van der Waals surface area contributed by atoms with Crippen molar-refractivity contribution in [2.45, 2.75) is 31.8 Å². The largest absolute Gasteiger partial charge is 0.383 e. The molecule has 1 amide bonds. The summed E-state index contributed by atoms with van der Waals surface area (Å²) in [6.45, 7) is 5.59. The maximum absolute atomic E-state index is 11.8. The van der Waals surface area contributed by atoms with Gasteiger partial charge < -0.3 is 20.7 Å². The summed E-state index contributed by atoms with van der Waals surface area (Å²) >= 11 is 0. The number of guanidine groups is 1. The number of methoxy groups -OCH3 is 1. The predicted molar refractivity (Wildman–Crippen MR) is 109 cm³/mol. The number of aliphatic imine (C=N–C) groups is 1. The molecule has 1 heterocycles. The Morgan fingerprint density at radius 1 is 1.26 bits per heavy atom. The molecular weight excluding hydrogens is 342 g/mol. The van der Waals surface area contributed by atoms with Crippen LogP contribution < -0.4 is 16.0 Å². The zero-order chi connectivity index (χ0) is 19.5. The van der Waals surface area contributed by atoms with E-state index < -0.39 is 0 Å². The lowest BCUT2D eigenvalue weighted by Crippen LogP contribution is -2.50. The molecule has 0 aromatic heterocycles. The number of nitrogens with one attached hydrogen (secondary N) is 3. The van der Waals surface area contributed by atoms with Crippen LogP contribution in [-0.2, 0) is 9.53 Å². The molecule has 7 heteroatoms. The van der Waals surface area contributed by atoms with Gasteiger partial charge in [-0.3, -0.25) is 14.7 Å². The molecule has 1 atom stereocenters. The van der Waals surface area contributed by atoms with Crippen molar-refractivity contribution in [1.82, 2.24) is 20.9 Å². The highest BCUT2D eigenvalue weighted by atomic mass is 16.5. The van der Waals surface area contributed by atoms with Gasteiger partial charge >= 0.3 is 0 Å². The fourth-order valence-corrected chi connectivity index (χ4v) is 3.28. The average Bonchev–Trinajstić information content (AvgIpc) is 2.72. The Balaban J connectivity index is 1.71. The first-order valence-electron chi connectivity index (χ1n) is 9.66. The molecule has 0 spiro atoms. The van der Waals surface area contributed by atoms with E-state index >= 15 is 0 Å². The molecule has 7 nitrogen and oxygen atoms in total. The molecule has 1 saturated heterocycles. The molecule has 1 aliphatic heterocycles. The summed E-state index contributed by atoms with van der Waals surface area (Å²) in [5, 5.41) is 9.30. The molecular formula is C20H33N5O2. The molecule has 150 valence electrons. The number of likely N-dealkylation sites (tertiary alicyclic amines) is 1. The van der Waals surface area contributed by atoms with Gasteiger partial charge in [-0.05, 0) is 25.3 Å². The minimum absolute atomic E-state index is 0.0681. The maximum Gasteiger partial charge on any atom is 0.239 e. The van der Waals surface area contributed by atoms with Crippen molar-refractivity contribution in [3.05, 3.63) is 35.9 Å². The number of carbonyl (C=O) groups is 1. The molecule has 27 heavy (non-hydrogen) atoms. The molecule has 0 saturated carbocycles. The van der Waals surface area contributed by atoms with Crippen LogP contribution in [-0.4, -0.2) is 69.8 Å². The fourth-order valence-electron chi connectivity index (χ4n) is 3.28. The molecule has 0 bridgehead atoms. The summed E-state index contributed by atoms with van der Waals surface area (Å²) < 4.78 is 4.92. The summed E-state index contributed by atoms with van der Waals surface area (Å²) in [6.07, 6.45) is 2.11. The van der Waals surface area contributed by atoms with Crippen LogP contribution in [0.4, 0.5) is 0 Å². The molecule has 1 fully saturated rings. The van der Waals surface area contributed by atoms with Crippen molar-refractivity contribution in [1.29, 1.82) is 0 Å². The van der Waals surface area contributed by atoms with Crippen molar-refractivity contribution < 1.29 is 9.53 Å². The van der Waals surface area contributed by atoms with Gasteiger partial charge in [0.05, 0.1) is 13.2 Å². The lowest BCUT2D eigenvalue weighted by molar-refractivity contribution is -0.120. The summed E-state index contributed by atoms with van der Waals surface area (Å²) in [7, 11) is 3.34.